The molecule has 19 heavy (non-hydrogen) atoms. The Balaban J connectivity index is 2.19. The Bertz CT molecular complexity index is 464. The highest BCUT2D eigenvalue weighted by Crippen LogP contribution is 2.31. The standard InChI is InChI=1S/C16H22N2S/c1-3-19-16-10-6-9-15(13(16)11-17)18-14-8-5-4-7-12(14)2/h6,9-10,12,14,18H,3-5,7-8H2,1-2H3. The molecule has 2 nitrogen and oxygen atoms in total. The smallest absolute Gasteiger partial charge is 0.102 e. The average Bonchev–Trinajstić information content (AvgIpc) is 2.42. The van der Waals surface area contributed by atoms with Gasteiger partial charge in [0.15, 0.2) is 0 Å². The van der Waals surface area contributed by atoms with Gasteiger partial charge in [-0.2, -0.15) is 5.26 Å². The van der Waals surface area contributed by atoms with Crippen molar-refractivity contribution < 1.29 is 0 Å². The van der Waals surface area contributed by atoms with Gasteiger partial charge in [0.05, 0.1) is 11.3 Å². The molecule has 0 bridgehead atoms. The topological polar surface area (TPSA) is 35.8 Å². The zero-order chi connectivity index (χ0) is 13.7. The van der Waals surface area contributed by atoms with Gasteiger partial charge in [0.25, 0.3) is 0 Å². The van der Waals surface area contributed by atoms with E-state index in [9.17, 15) is 5.26 Å². The van der Waals surface area contributed by atoms with E-state index in [4.69, 9.17) is 0 Å². The minimum absolute atomic E-state index is 0.516. The molecule has 1 saturated carbocycles. The number of benzene rings is 1. The van der Waals surface area contributed by atoms with Crippen molar-refractivity contribution in [3.05, 3.63) is 23.8 Å². The first-order valence-corrected chi connectivity index (χ1v) is 8.17. The number of hydrogen-bond acceptors (Lipinski definition) is 3. The summed E-state index contributed by atoms with van der Waals surface area (Å²) < 4.78 is 0. The molecule has 2 unspecified atom stereocenters. The SMILES string of the molecule is CCSc1cccc(NC2CCCCC2C)c1C#N. The van der Waals surface area contributed by atoms with Crippen LogP contribution in [0.5, 0.6) is 0 Å². The third-order valence-electron chi connectivity index (χ3n) is 3.89. The van der Waals surface area contributed by atoms with Gasteiger partial charge in [-0.3, -0.25) is 0 Å². The maximum Gasteiger partial charge on any atom is 0.102 e. The molecule has 0 spiro atoms. The van der Waals surface area contributed by atoms with Crippen molar-refractivity contribution >= 4 is 17.4 Å². The van der Waals surface area contributed by atoms with Crippen molar-refractivity contribution in [2.24, 2.45) is 5.92 Å². The lowest BCUT2D eigenvalue weighted by atomic mass is 9.85. The summed E-state index contributed by atoms with van der Waals surface area (Å²) in [6, 6.07) is 9.02. The highest BCUT2D eigenvalue weighted by Gasteiger charge is 2.22. The van der Waals surface area contributed by atoms with Gasteiger partial charge in [-0.1, -0.05) is 32.8 Å². The summed E-state index contributed by atoms with van der Waals surface area (Å²) in [5.74, 6) is 1.69. The Morgan fingerprint density at radius 1 is 1.37 bits per heavy atom. The van der Waals surface area contributed by atoms with E-state index in [2.05, 4.69) is 31.3 Å². The summed E-state index contributed by atoms with van der Waals surface area (Å²) in [4.78, 5) is 1.10. The van der Waals surface area contributed by atoms with Crippen LogP contribution in [0.1, 0.15) is 45.1 Å². The molecule has 0 aromatic heterocycles. The van der Waals surface area contributed by atoms with Gasteiger partial charge in [0.2, 0.25) is 0 Å². The number of nitrogens with zero attached hydrogens (tertiary/aromatic N) is 1. The van der Waals surface area contributed by atoms with Crippen LogP contribution in [0.2, 0.25) is 0 Å². The summed E-state index contributed by atoms with van der Waals surface area (Å²) >= 11 is 1.74. The minimum atomic E-state index is 0.516. The van der Waals surface area contributed by atoms with Crippen molar-refractivity contribution in [2.45, 2.75) is 50.5 Å². The molecule has 1 aliphatic carbocycles. The van der Waals surface area contributed by atoms with Crippen LogP contribution in [0.3, 0.4) is 0 Å². The molecule has 3 heteroatoms. The molecule has 1 N–H and O–H groups in total. The fraction of sp³-hybridized carbons (Fsp3) is 0.562. The molecule has 0 radical (unpaired) electrons. The van der Waals surface area contributed by atoms with E-state index in [0.717, 1.165) is 21.9 Å². The first kappa shape index (κ1) is 14.3. The van der Waals surface area contributed by atoms with E-state index in [1.807, 2.05) is 12.1 Å². The second kappa shape index (κ2) is 6.86. The van der Waals surface area contributed by atoms with Gasteiger partial charge < -0.3 is 5.32 Å². The number of rotatable bonds is 4. The maximum absolute atomic E-state index is 9.42. The first-order valence-electron chi connectivity index (χ1n) is 7.18. The lowest BCUT2D eigenvalue weighted by molar-refractivity contribution is 0.349. The van der Waals surface area contributed by atoms with Crippen molar-refractivity contribution in [3.63, 3.8) is 0 Å². The number of hydrogen-bond donors (Lipinski definition) is 1. The van der Waals surface area contributed by atoms with E-state index in [1.54, 1.807) is 11.8 Å². The van der Waals surface area contributed by atoms with E-state index in [-0.39, 0.29) is 0 Å². The quantitative estimate of drug-likeness (QED) is 0.811. The maximum atomic E-state index is 9.42. The predicted octanol–water partition coefficient (Wildman–Crippen LogP) is 4.66. The van der Waals surface area contributed by atoms with Crippen molar-refractivity contribution in [1.29, 1.82) is 5.26 Å². The molecule has 2 atom stereocenters. The first-order chi connectivity index (χ1) is 9.26. The van der Waals surface area contributed by atoms with Gasteiger partial charge in [-0.25, -0.2) is 0 Å². The number of nitriles is 1. The largest absolute Gasteiger partial charge is 0.381 e. The van der Waals surface area contributed by atoms with Crippen molar-refractivity contribution in [1.82, 2.24) is 0 Å². The lowest BCUT2D eigenvalue weighted by Crippen LogP contribution is -2.30. The van der Waals surface area contributed by atoms with Gasteiger partial charge in [-0.15, -0.1) is 11.8 Å². The van der Waals surface area contributed by atoms with E-state index < -0.39 is 0 Å². The zero-order valence-electron chi connectivity index (χ0n) is 11.8. The molecule has 102 valence electrons. The third kappa shape index (κ3) is 3.45. The van der Waals surface area contributed by atoms with Crippen LogP contribution in [0.4, 0.5) is 5.69 Å². The fourth-order valence-electron chi connectivity index (χ4n) is 2.77. The second-order valence-electron chi connectivity index (χ2n) is 5.24. The monoisotopic (exact) mass is 274 g/mol. The molecule has 1 aromatic rings. The summed E-state index contributed by atoms with van der Waals surface area (Å²) in [7, 11) is 0. The molecule has 1 fully saturated rings. The normalized spacial score (nSPS) is 22.8. The third-order valence-corrected chi connectivity index (χ3v) is 4.83. The van der Waals surface area contributed by atoms with Crippen LogP contribution in [0.25, 0.3) is 0 Å². The van der Waals surface area contributed by atoms with Crippen LogP contribution in [-0.2, 0) is 0 Å². The number of thioether (sulfide) groups is 1. The molecule has 0 saturated heterocycles. The van der Waals surface area contributed by atoms with Crippen LogP contribution < -0.4 is 5.32 Å². The van der Waals surface area contributed by atoms with Crippen LogP contribution in [0.15, 0.2) is 23.1 Å². The van der Waals surface area contributed by atoms with Gasteiger partial charge >= 0.3 is 0 Å². The molecular formula is C16H22N2S. The Morgan fingerprint density at radius 2 is 2.16 bits per heavy atom. The van der Waals surface area contributed by atoms with Crippen LogP contribution in [-0.4, -0.2) is 11.8 Å². The summed E-state index contributed by atoms with van der Waals surface area (Å²) in [6.07, 6.45) is 5.16. The summed E-state index contributed by atoms with van der Waals surface area (Å²) in [5, 5.41) is 13.0. The molecule has 1 aromatic carbocycles. The van der Waals surface area contributed by atoms with Crippen molar-refractivity contribution in [2.75, 3.05) is 11.1 Å². The van der Waals surface area contributed by atoms with Gasteiger partial charge in [0, 0.05) is 10.9 Å². The van der Waals surface area contributed by atoms with Crippen LogP contribution >= 0.6 is 11.8 Å². The Hall–Kier alpha value is -1.14. The molecule has 0 heterocycles. The molecule has 2 rings (SSSR count). The van der Waals surface area contributed by atoms with Crippen molar-refractivity contribution in [3.8, 4) is 6.07 Å². The highest BCUT2D eigenvalue weighted by atomic mass is 32.2. The molecule has 1 aliphatic rings. The highest BCUT2D eigenvalue weighted by molar-refractivity contribution is 7.99. The molecular weight excluding hydrogens is 252 g/mol. The van der Waals surface area contributed by atoms with E-state index >= 15 is 0 Å². The number of nitrogens with one attached hydrogen (secondary N) is 1. The van der Waals surface area contributed by atoms with Gasteiger partial charge in [-0.05, 0) is 36.6 Å². The predicted molar refractivity (Wildman–Crippen MR) is 82.6 cm³/mol. The summed E-state index contributed by atoms with van der Waals surface area (Å²) in [5.41, 5.74) is 1.83. The summed E-state index contributed by atoms with van der Waals surface area (Å²) in [6.45, 7) is 4.43. The number of anilines is 1. The van der Waals surface area contributed by atoms with Crippen LogP contribution in [0, 0.1) is 17.2 Å². The van der Waals surface area contributed by atoms with Gasteiger partial charge in [0.1, 0.15) is 6.07 Å². The molecule has 0 amide bonds. The average molecular weight is 274 g/mol. The Labute approximate surface area is 120 Å². The lowest BCUT2D eigenvalue weighted by Gasteiger charge is -2.30. The van der Waals surface area contributed by atoms with E-state index in [1.165, 1.54) is 25.7 Å². The zero-order valence-corrected chi connectivity index (χ0v) is 12.6. The van der Waals surface area contributed by atoms with E-state index in [0.29, 0.717) is 12.0 Å². The molecule has 0 aliphatic heterocycles. The minimum Gasteiger partial charge on any atom is -0.381 e. The second-order valence-corrected chi connectivity index (χ2v) is 6.54. The fourth-order valence-corrected chi connectivity index (χ4v) is 3.56. The Morgan fingerprint density at radius 3 is 2.84 bits per heavy atom. The Kier molecular flexibility index (Phi) is 5.15.